The lowest BCUT2D eigenvalue weighted by atomic mass is 10.1. The van der Waals surface area contributed by atoms with Crippen LogP contribution < -0.4 is 10.8 Å². The zero-order valence-electron chi connectivity index (χ0n) is 15.8. The molecule has 6 nitrogen and oxygen atoms in total. The Hall–Kier alpha value is -1.24. The lowest BCUT2D eigenvalue weighted by Crippen LogP contribution is -2.31. The smallest absolute Gasteiger partial charge is 0.277 e. The number of halogens is 5. The summed E-state index contributed by atoms with van der Waals surface area (Å²) in [4.78, 5) is 17.7. The number of hydrogen-bond donors (Lipinski definition) is 2. The molecule has 0 aromatic heterocycles. The summed E-state index contributed by atoms with van der Waals surface area (Å²) in [7, 11) is 0. The van der Waals surface area contributed by atoms with Crippen LogP contribution in [0.1, 0.15) is 24.2 Å². The Balaban J connectivity index is 1.78. The topological polar surface area (TPSA) is 68.8 Å². The van der Waals surface area contributed by atoms with Gasteiger partial charge in [-0.3, -0.25) is 9.63 Å². The molecule has 2 aromatic carbocycles. The molecule has 1 saturated heterocycles. The summed E-state index contributed by atoms with van der Waals surface area (Å²) in [5.74, 6) is -4.19. The summed E-state index contributed by atoms with van der Waals surface area (Å²) >= 11 is 13.9. The molecule has 0 spiro atoms. The van der Waals surface area contributed by atoms with E-state index >= 15 is 0 Å². The third-order valence-corrected chi connectivity index (χ3v) is 5.36. The number of ether oxygens (including phenoxy) is 2. The number of carbonyl (C=O) groups excluding carboxylic acids is 1. The fourth-order valence-corrected chi connectivity index (χ4v) is 3.82. The Morgan fingerprint density at radius 1 is 1.27 bits per heavy atom. The summed E-state index contributed by atoms with van der Waals surface area (Å²) in [6.07, 6.45) is -0.392. The Kier molecular flexibility index (Phi) is 7.41. The van der Waals surface area contributed by atoms with E-state index in [2.05, 4.69) is 33.4 Å². The second kappa shape index (κ2) is 9.49. The third-order valence-electron chi connectivity index (χ3n) is 4.10. The Morgan fingerprint density at radius 3 is 2.63 bits per heavy atom. The maximum absolute atomic E-state index is 14.6. The van der Waals surface area contributed by atoms with Crippen molar-refractivity contribution in [3.63, 3.8) is 0 Å². The predicted octanol–water partition coefficient (Wildman–Crippen LogP) is 5.43. The first-order chi connectivity index (χ1) is 14.1. The van der Waals surface area contributed by atoms with E-state index in [-0.39, 0.29) is 29.5 Å². The van der Waals surface area contributed by atoms with Crippen LogP contribution in [0.15, 0.2) is 24.3 Å². The normalized spacial score (nSPS) is 17.8. The maximum atomic E-state index is 14.6. The number of hydrogen-bond acceptors (Lipinski definition) is 5. The molecule has 1 amide bonds. The molecule has 0 bridgehead atoms. The minimum atomic E-state index is -1.32. The van der Waals surface area contributed by atoms with Gasteiger partial charge >= 0.3 is 0 Å². The van der Waals surface area contributed by atoms with Crippen LogP contribution in [0.5, 0.6) is 0 Å². The van der Waals surface area contributed by atoms with Crippen molar-refractivity contribution >= 4 is 63.1 Å². The van der Waals surface area contributed by atoms with E-state index in [0.29, 0.717) is 0 Å². The number of carbonyl (C=O) groups is 1. The van der Waals surface area contributed by atoms with Crippen LogP contribution in [-0.2, 0) is 14.3 Å². The minimum absolute atomic E-state index is 0.00170. The summed E-state index contributed by atoms with van der Waals surface area (Å²) in [5.41, 5.74) is 1.77. The number of anilines is 2. The summed E-state index contributed by atoms with van der Waals surface area (Å²) in [5, 5.41) is 2.37. The fraction of sp³-hybridized carbons (Fsp3) is 0.316. The molecular weight excluding hydrogens is 556 g/mol. The Morgan fingerprint density at radius 2 is 2.00 bits per heavy atom. The zero-order chi connectivity index (χ0) is 22.1. The first-order valence-electron chi connectivity index (χ1n) is 8.71. The molecule has 0 unspecified atom stereocenters. The monoisotopic (exact) mass is 572 g/mol. The average molecular weight is 573 g/mol. The van der Waals surface area contributed by atoms with Gasteiger partial charge in [0.15, 0.2) is 17.4 Å². The number of rotatable bonds is 6. The first-order valence-corrected chi connectivity index (χ1v) is 10.5. The fourth-order valence-electron chi connectivity index (χ4n) is 2.72. The second-order valence-electron chi connectivity index (χ2n) is 6.85. The van der Waals surface area contributed by atoms with Crippen molar-refractivity contribution in [3.8, 4) is 0 Å². The van der Waals surface area contributed by atoms with Crippen LogP contribution in [0.3, 0.4) is 0 Å². The van der Waals surface area contributed by atoms with Crippen molar-refractivity contribution in [2.45, 2.75) is 25.7 Å². The third kappa shape index (κ3) is 5.51. The first kappa shape index (κ1) is 23.4. The summed E-state index contributed by atoms with van der Waals surface area (Å²) in [6.45, 7) is 3.79. The van der Waals surface area contributed by atoms with E-state index in [0.717, 1.165) is 9.64 Å². The summed E-state index contributed by atoms with van der Waals surface area (Å²) in [6, 6.07) is 5.92. The number of amides is 1. The van der Waals surface area contributed by atoms with Crippen LogP contribution in [0.2, 0.25) is 10.0 Å². The average Bonchev–Trinajstić information content (AvgIpc) is 3.02. The second-order valence-corrected chi connectivity index (χ2v) is 8.91. The highest BCUT2D eigenvalue weighted by molar-refractivity contribution is 14.1. The van der Waals surface area contributed by atoms with Gasteiger partial charge in [0.25, 0.3) is 5.91 Å². The molecule has 2 aromatic rings. The number of nitrogens with one attached hydrogen (secondary N) is 2. The maximum Gasteiger partial charge on any atom is 0.277 e. The van der Waals surface area contributed by atoms with E-state index in [1.54, 1.807) is 32.0 Å². The molecule has 1 aliphatic rings. The van der Waals surface area contributed by atoms with Crippen molar-refractivity contribution in [1.82, 2.24) is 5.48 Å². The van der Waals surface area contributed by atoms with Gasteiger partial charge in [-0.2, -0.15) is 0 Å². The molecule has 2 N–H and O–H groups in total. The molecule has 3 rings (SSSR count). The van der Waals surface area contributed by atoms with Gasteiger partial charge in [-0.05, 0) is 60.7 Å². The lowest BCUT2D eigenvalue weighted by Gasteiger charge is -2.17. The van der Waals surface area contributed by atoms with Crippen LogP contribution in [-0.4, -0.2) is 31.0 Å². The highest BCUT2D eigenvalue weighted by Crippen LogP contribution is 2.34. The molecule has 1 heterocycles. The van der Waals surface area contributed by atoms with Gasteiger partial charge in [-0.25, -0.2) is 14.3 Å². The molecule has 30 heavy (non-hydrogen) atoms. The lowest BCUT2D eigenvalue weighted by molar-refractivity contribution is -0.147. The van der Waals surface area contributed by atoms with Crippen molar-refractivity contribution in [1.29, 1.82) is 0 Å². The molecule has 0 saturated carbocycles. The van der Waals surface area contributed by atoms with E-state index in [9.17, 15) is 13.6 Å². The molecule has 0 aliphatic carbocycles. The molecule has 11 heteroatoms. The summed E-state index contributed by atoms with van der Waals surface area (Å²) < 4.78 is 40.5. The highest BCUT2D eigenvalue weighted by atomic mass is 127. The van der Waals surface area contributed by atoms with E-state index in [1.807, 2.05) is 0 Å². The zero-order valence-corrected chi connectivity index (χ0v) is 19.5. The molecule has 162 valence electrons. The van der Waals surface area contributed by atoms with Gasteiger partial charge < -0.3 is 14.8 Å². The van der Waals surface area contributed by atoms with Crippen LogP contribution in [0.25, 0.3) is 0 Å². The SMILES string of the molecule is CC1(C)OC[C@@H](CONC(=O)c2cc(Cl)c(F)c(F)c2Nc2ccc(I)cc2Cl)O1. The Labute approximate surface area is 195 Å². The van der Waals surface area contributed by atoms with Crippen molar-refractivity contribution in [2.75, 3.05) is 18.5 Å². The van der Waals surface area contributed by atoms with E-state index < -0.39 is 40.1 Å². The van der Waals surface area contributed by atoms with Gasteiger partial charge in [0, 0.05) is 3.57 Å². The van der Waals surface area contributed by atoms with Crippen molar-refractivity contribution in [3.05, 3.63) is 55.1 Å². The minimum Gasteiger partial charge on any atom is -0.351 e. The molecule has 0 radical (unpaired) electrons. The largest absolute Gasteiger partial charge is 0.351 e. The standard InChI is InChI=1S/C19H17Cl2F2IN2O4/c1-19(2)28-7-10(30-19)8-29-26-18(27)11-6-13(21)15(22)16(23)17(11)25-14-4-3-9(24)5-12(14)20/h3-6,10,25H,7-8H2,1-2H3,(H,26,27)/t10-/m0/s1. The quantitative estimate of drug-likeness (QED) is 0.274. The van der Waals surface area contributed by atoms with Crippen LogP contribution in [0, 0.1) is 15.2 Å². The highest BCUT2D eigenvalue weighted by Gasteiger charge is 2.33. The van der Waals surface area contributed by atoms with Crippen molar-refractivity contribution < 1.29 is 27.9 Å². The predicted molar refractivity (Wildman–Crippen MR) is 117 cm³/mol. The molecule has 1 atom stereocenters. The Bertz CT molecular complexity index is 978. The van der Waals surface area contributed by atoms with Gasteiger partial charge in [0.05, 0.1) is 33.6 Å². The van der Waals surface area contributed by atoms with Crippen molar-refractivity contribution in [2.24, 2.45) is 0 Å². The van der Waals surface area contributed by atoms with Gasteiger partial charge in [0.2, 0.25) is 0 Å². The molecule has 1 fully saturated rings. The van der Waals surface area contributed by atoms with E-state index in [4.69, 9.17) is 37.5 Å². The number of hydroxylamine groups is 1. The van der Waals surface area contributed by atoms with Crippen LogP contribution in [0.4, 0.5) is 20.2 Å². The molecule has 1 aliphatic heterocycles. The van der Waals surface area contributed by atoms with E-state index in [1.165, 1.54) is 0 Å². The molecular formula is C19H17Cl2F2IN2O4. The van der Waals surface area contributed by atoms with Gasteiger partial charge in [-0.15, -0.1) is 0 Å². The van der Waals surface area contributed by atoms with Gasteiger partial charge in [0.1, 0.15) is 12.7 Å². The van der Waals surface area contributed by atoms with Crippen LogP contribution >= 0.6 is 45.8 Å². The number of benzene rings is 2. The van der Waals surface area contributed by atoms with Gasteiger partial charge in [-0.1, -0.05) is 23.2 Å².